The highest BCUT2D eigenvalue weighted by molar-refractivity contribution is 5.82. The van der Waals surface area contributed by atoms with Crippen molar-refractivity contribution in [2.45, 2.75) is 19.9 Å². The molecule has 0 aliphatic rings. The van der Waals surface area contributed by atoms with Crippen molar-refractivity contribution in [1.82, 2.24) is 4.90 Å². The van der Waals surface area contributed by atoms with Crippen molar-refractivity contribution in [3.05, 3.63) is 65.7 Å². The third-order valence-electron chi connectivity index (χ3n) is 3.68. The Balaban J connectivity index is 1.76. The molecule has 2 aromatic rings. The zero-order valence-electron chi connectivity index (χ0n) is 15.2. The van der Waals surface area contributed by atoms with Gasteiger partial charge in [0.05, 0.1) is 6.61 Å². The first-order chi connectivity index (χ1) is 12.6. The Morgan fingerprint density at radius 3 is 2.42 bits per heavy atom. The van der Waals surface area contributed by atoms with E-state index in [2.05, 4.69) is 5.16 Å². The van der Waals surface area contributed by atoms with Gasteiger partial charge in [-0.05, 0) is 30.2 Å². The molecule has 2 N–H and O–H groups in total. The molecule has 1 amide bonds. The Labute approximate surface area is 154 Å². The van der Waals surface area contributed by atoms with Gasteiger partial charge in [-0.2, -0.15) is 0 Å². The van der Waals surface area contributed by atoms with E-state index in [1.807, 2.05) is 61.5 Å². The number of carbonyl (C=O) groups is 1. The fourth-order valence-corrected chi connectivity index (χ4v) is 2.34. The number of likely N-dealkylation sites (N-methyl/N-ethyl adjacent to an activating group) is 1. The first-order valence-electron chi connectivity index (χ1n) is 8.52. The van der Waals surface area contributed by atoms with Crippen LogP contribution in [-0.2, 0) is 22.6 Å². The van der Waals surface area contributed by atoms with E-state index in [9.17, 15) is 4.79 Å². The standard InChI is InChI=1S/C20H25N3O3/c1-3-25-18-11-9-17(10-12-18)14-23(2)20(24)15-26-22-19(21)13-16-7-5-4-6-8-16/h4-12H,3,13-15H2,1-2H3,(H2,21,22). The minimum atomic E-state index is -0.171. The highest BCUT2D eigenvalue weighted by Gasteiger charge is 2.10. The molecule has 0 atom stereocenters. The number of hydrogen-bond donors (Lipinski definition) is 1. The Morgan fingerprint density at radius 2 is 1.77 bits per heavy atom. The zero-order chi connectivity index (χ0) is 18.8. The number of carbonyl (C=O) groups excluding carboxylic acids is 1. The van der Waals surface area contributed by atoms with Crippen LogP contribution in [0.15, 0.2) is 59.8 Å². The van der Waals surface area contributed by atoms with Gasteiger partial charge in [0.15, 0.2) is 6.61 Å². The second-order valence-corrected chi connectivity index (χ2v) is 5.85. The van der Waals surface area contributed by atoms with E-state index in [1.54, 1.807) is 11.9 Å². The molecule has 0 radical (unpaired) electrons. The summed E-state index contributed by atoms with van der Waals surface area (Å²) in [5.41, 5.74) is 7.87. The fourth-order valence-electron chi connectivity index (χ4n) is 2.34. The Bertz CT molecular complexity index is 715. The summed E-state index contributed by atoms with van der Waals surface area (Å²) in [4.78, 5) is 18.8. The van der Waals surface area contributed by atoms with Crippen molar-refractivity contribution in [2.75, 3.05) is 20.3 Å². The Kier molecular flexibility index (Phi) is 7.49. The monoisotopic (exact) mass is 355 g/mol. The molecule has 2 aromatic carbocycles. The molecule has 0 aliphatic heterocycles. The number of oxime groups is 1. The van der Waals surface area contributed by atoms with E-state index in [-0.39, 0.29) is 12.5 Å². The summed E-state index contributed by atoms with van der Waals surface area (Å²) in [5.74, 6) is 0.977. The normalized spacial score (nSPS) is 11.1. The summed E-state index contributed by atoms with van der Waals surface area (Å²) < 4.78 is 5.40. The lowest BCUT2D eigenvalue weighted by atomic mass is 10.1. The van der Waals surface area contributed by atoms with Crippen LogP contribution in [0.1, 0.15) is 18.1 Å². The maximum atomic E-state index is 12.1. The van der Waals surface area contributed by atoms with Crippen molar-refractivity contribution in [3.63, 3.8) is 0 Å². The van der Waals surface area contributed by atoms with Crippen molar-refractivity contribution >= 4 is 11.7 Å². The number of ether oxygens (including phenoxy) is 1. The van der Waals surface area contributed by atoms with Crippen LogP contribution in [0.4, 0.5) is 0 Å². The third kappa shape index (κ3) is 6.47. The summed E-state index contributed by atoms with van der Waals surface area (Å²) in [6.07, 6.45) is 0.483. The molecule has 2 rings (SSSR count). The number of nitrogens with zero attached hydrogens (tertiary/aromatic N) is 2. The van der Waals surface area contributed by atoms with Crippen molar-refractivity contribution in [2.24, 2.45) is 10.9 Å². The van der Waals surface area contributed by atoms with Crippen LogP contribution in [0.5, 0.6) is 5.75 Å². The van der Waals surface area contributed by atoms with Gasteiger partial charge in [0.25, 0.3) is 5.91 Å². The highest BCUT2D eigenvalue weighted by Crippen LogP contribution is 2.13. The van der Waals surface area contributed by atoms with Gasteiger partial charge < -0.3 is 20.2 Å². The molecule has 0 aliphatic carbocycles. The van der Waals surface area contributed by atoms with Crippen LogP contribution >= 0.6 is 0 Å². The molecular formula is C20H25N3O3. The molecule has 0 spiro atoms. The van der Waals surface area contributed by atoms with Crippen molar-refractivity contribution in [3.8, 4) is 5.75 Å². The predicted molar refractivity (Wildman–Crippen MR) is 102 cm³/mol. The molecule has 0 unspecified atom stereocenters. The second-order valence-electron chi connectivity index (χ2n) is 5.85. The summed E-state index contributed by atoms with van der Waals surface area (Å²) >= 11 is 0. The van der Waals surface area contributed by atoms with Gasteiger partial charge in [0, 0.05) is 20.0 Å². The average Bonchev–Trinajstić information content (AvgIpc) is 2.64. The lowest BCUT2D eigenvalue weighted by Gasteiger charge is -2.16. The minimum Gasteiger partial charge on any atom is -0.494 e. The SMILES string of the molecule is CCOc1ccc(CN(C)C(=O)CO/N=C(/N)Cc2ccccc2)cc1. The van der Waals surface area contributed by atoms with Gasteiger partial charge in [0.2, 0.25) is 0 Å². The van der Waals surface area contributed by atoms with Crippen LogP contribution in [0.2, 0.25) is 0 Å². The molecule has 0 saturated heterocycles. The van der Waals surface area contributed by atoms with Gasteiger partial charge in [0.1, 0.15) is 11.6 Å². The largest absolute Gasteiger partial charge is 0.494 e. The van der Waals surface area contributed by atoms with Crippen molar-refractivity contribution in [1.29, 1.82) is 0 Å². The molecule has 6 nitrogen and oxygen atoms in total. The highest BCUT2D eigenvalue weighted by atomic mass is 16.6. The van der Waals surface area contributed by atoms with Gasteiger partial charge >= 0.3 is 0 Å². The van der Waals surface area contributed by atoms with Gasteiger partial charge in [-0.25, -0.2) is 0 Å². The molecule has 0 fully saturated rings. The number of amidine groups is 1. The fraction of sp³-hybridized carbons (Fsp3) is 0.300. The first kappa shape index (κ1) is 19.3. The lowest BCUT2D eigenvalue weighted by molar-refractivity contribution is -0.135. The third-order valence-corrected chi connectivity index (χ3v) is 3.68. The topological polar surface area (TPSA) is 77.1 Å². The van der Waals surface area contributed by atoms with Crippen molar-refractivity contribution < 1.29 is 14.4 Å². The molecule has 0 bridgehead atoms. The summed E-state index contributed by atoms with van der Waals surface area (Å²) in [5, 5.41) is 3.81. The van der Waals surface area contributed by atoms with Crippen LogP contribution < -0.4 is 10.5 Å². The summed E-state index contributed by atoms with van der Waals surface area (Å²) in [6, 6.07) is 17.4. The van der Waals surface area contributed by atoms with E-state index in [0.717, 1.165) is 16.9 Å². The smallest absolute Gasteiger partial charge is 0.263 e. The maximum Gasteiger partial charge on any atom is 0.263 e. The van der Waals surface area contributed by atoms with E-state index < -0.39 is 0 Å². The Hall–Kier alpha value is -3.02. The second kappa shape index (κ2) is 10.1. The molecule has 0 heterocycles. The van der Waals surface area contributed by atoms with Crippen LogP contribution in [-0.4, -0.2) is 36.9 Å². The Morgan fingerprint density at radius 1 is 1.08 bits per heavy atom. The van der Waals surface area contributed by atoms with E-state index >= 15 is 0 Å². The molecule has 26 heavy (non-hydrogen) atoms. The first-order valence-corrected chi connectivity index (χ1v) is 8.52. The van der Waals surface area contributed by atoms with E-state index in [4.69, 9.17) is 15.3 Å². The molecule has 0 aromatic heterocycles. The lowest BCUT2D eigenvalue weighted by Crippen LogP contribution is -2.29. The minimum absolute atomic E-state index is 0.150. The summed E-state index contributed by atoms with van der Waals surface area (Å²) in [6.45, 7) is 2.90. The summed E-state index contributed by atoms with van der Waals surface area (Å²) in [7, 11) is 1.72. The van der Waals surface area contributed by atoms with E-state index in [0.29, 0.717) is 25.4 Å². The van der Waals surface area contributed by atoms with E-state index in [1.165, 1.54) is 0 Å². The number of amides is 1. The number of hydrogen-bond acceptors (Lipinski definition) is 4. The zero-order valence-corrected chi connectivity index (χ0v) is 15.2. The number of nitrogens with two attached hydrogens (primary N) is 1. The van der Waals surface area contributed by atoms with Gasteiger partial charge in [-0.3, -0.25) is 4.79 Å². The van der Waals surface area contributed by atoms with Crippen LogP contribution in [0.3, 0.4) is 0 Å². The quantitative estimate of drug-likeness (QED) is 0.426. The molecule has 138 valence electrons. The maximum absolute atomic E-state index is 12.1. The van der Waals surface area contributed by atoms with Gasteiger partial charge in [-0.1, -0.05) is 47.6 Å². The number of benzene rings is 2. The van der Waals surface area contributed by atoms with Gasteiger partial charge in [-0.15, -0.1) is 0 Å². The molecular weight excluding hydrogens is 330 g/mol. The molecule has 6 heteroatoms. The molecule has 0 saturated carbocycles. The number of rotatable bonds is 9. The average molecular weight is 355 g/mol. The van der Waals surface area contributed by atoms with Crippen LogP contribution in [0, 0.1) is 0 Å². The predicted octanol–water partition coefficient (Wildman–Crippen LogP) is 2.58. The van der Waals surface area contributed by atoms with Crippen LogP contribution in [0.25, 0.3) is 0 Å².